The van der Waals surface area contributed by atoms with Crippen LogP contribution < -0.4 is 5.32 Å². The van der Waals surface area contributed by atoms with Crippen LogP contribution in [0, 0.1) is 0 Å². The van der Waals surface area contributed by atoms with E-state index in [2.05, 4.69) is 21.2 Å². The highest BCUT2D eigenvalue weighted by Gasteiger charge is 2.31. The number of halogens is 4. The molecule has 0 aliphatic heterocycles. The molecular formula is C13H15BrF3NO. The zero-order valence-electron chi connectivity index (χ0n) is 10.4. The Labute approximate surface area is 118 Å². The summed E-state index contributed by atoms with van der Waals surface area (Å²) in [6.45, 7) is 0. The van der Waals surface area contributed by atoms with Gasteiger partial charge in [0.2, 0.25) is 0 Å². The first-order valence-electron chi connectivity index (χ1n) is 6.06. The number of rotatable bonds is 3. The highest BCUT2D eigenvalue weighted by atomic mass is 79.9. The number of benzene rings is 1. The second-order valence-corrected chi connectivity index (χ2v) is 5.56. The van der Waals surface area contributed by atoms with Crippen LogP contribution in [-0.4, -0.2) is 19.3 Å². The number of nitrogens with one attached hydrogen (secondary N) is 1. The minimum absolute atomic E-state index is 0.241. The van der Waals surface area contributed by atoms with Gasteiger partial charge in [-0.25, -0.2) is 0 Å². The van der Waals surface area contributed by atoms with Crippen molar-refractivity contribution in [1.82, 2.24) is 0 Å². The lowest BCUT2D eigenvalue weighted by Gasteiger charge is -2.17. The van der Waals surface area contributed by atoms with Gasteiger partial charge in [0, 0.05) is 23.3 Å². The van der Waals surface area contributed by atoms with Gasteiger partial charge >= 0.3 is 6.18 Å². The van der Waals surface area contributed by atoms with E-state index in [1.165, 1.54) is 6.07 Å². The maximum Gasteiger partial charge on any atom is 0.416 e. The number of hydrogen-bond acceptors (Lipinski definition) is 2. The van der Waals surface area contributed by atoms with Crippen LogP contribution in [0.15, 0.2) is 22.7 Å². The van der Waals surface area contributed by atoms with E-state index >= 15 is 0 Å². The molecular weight excluding hydrogens is 323 g/mol. The third-order valence-corrected chi connectivity index (χ3v) is 4.03. The van der Waals surface area contributed by atoms with Crippen molar-refractivity contribution < 1.29 is 17.9 Å². The van der Waals surface area contributed by atoms with E-state index in [-0.39, 0.29) is 12.1 Å². The van der Waals surface area contributed by atoms with Crippen LogP contribution in [0.25, 0.3) is 0 Å². The zero-order chi connectivity index (χ0) is 14.0. The van der Waals surface area contributed by atoms with Gasteiger partial charge in [-0.15, -0.1) is 0 Å². The van der Waals surface area contributed by atoms with Gasteiger partial charge in [0.1, 0.15) is 0 Å². The van der Waals surface area contributed by atoms with Crippen LogP contribution in [0.5, 0.6) is 0 Å². The molecule has 2 rings (SSSR count). The lowest BCUT2D eigenvalue weighted by Crippen LogP contribution is -2.17. The molecule has 2 atom stereocenters. The van der Waals surface area contributed by atoms with Crippen molar-refractivity contribution in [1.29, 1.82) is 0 Å². The normalized spacial score (nSPS) is 23.6. The van der Waals surface area contributed by atoms with E-state index < -0.39 is 11.7 Å². The van der Waals surface area contributed by atoms with Crippen molar-refractivity contribution in [3.8, 4) is 0 Å². The average molecular weight is 338 g/mol. The molecule has 6 heteroatoms. The van der Waals surface area contributed by atoms with Crippen molar-refractivity contribution in [3.63, 3.8) is 0 Å². The third-order valence-electron chi connectivity index (χ3n) is 3.37. The van der Waals surface area contributed by atoms with Crippen LogP contribution in [0.1, 0.15) is 24.8 Å². The summed E-state index contributed by atoms with van der Waals surface area (Å²) >= 11 is 3.19. The predicted octanol–water partition coefficient (Wildman–Crippen LogP) is 4.45. The van der Waals surface area contributed by atoms with Crippen LogP contribution in [-0.2, 0) is 10.9 Å². The van der Waals surface area contributed by atoms with E-state index in [0.29, 0.717) is 10.2 Å². The number of alkyl halides is 3. The van der Waals surface area contributed by atoms with E-state index in [1.54, 1.807) is 7.11 Å². The first kappa shape index (κ1) is 14.7. The maximum absolute atomic E-state index is 12.5. The summed E-state index contributed by atoms with van der Waals surface area (Å²) in [5, 5.41) is 3.26. The van der Waals surface area contributed by atoms with Gasteiger partial charge in [-0.2, -0.15) is 13.2 Å². The SMILES string of the molecule is COC1CCC(Nc2ccc(C(F)(F)F)cc2Br)C1. The number of ether oxygens (including phenoxy) is 1. The van der Waals surface area contributed by atoms with Gasteiger partial charge in [0.15, 0.2) is 0 Å². The summed E-state index contributed by atoms with van der Waals surface area (Å²) in [5.74, 6) is 0. The fraction of sp³-hybridized carbons (Fsp3) is 0.538. The Morgan fingerprint density at radius 1 is 1.32 bits per heavy atom. The Morgan fingerprint density at radius 2 is 2.05 bits per heavy atom. The lowest BCUT2D eigenvalue weighted by molar-refractivity contribution is -0.137. The molecule has 2 nitrogen and oxygen atoms in total. The largest absolute Gasteiger partial charge is 0.416 e. The molecule has 0 heterocycles. The predicted molar refractivity (Wildman–Crippen MR) is 71.2 cm³/mol. The van der Waals surface area contributed by atoms with E-state index in [9.17, 15) is 13.2 Å². The van der Waals surface area contributed by atoms with Crippen LogP contribution in [0.3, 0.4) is 0 Å². The molecule has 0 amide bonds. The maximum atomic E-state index is 12.5. The zero-order valence-corrected chi connectivity index (χ0v) is 12.0. The second kappa shape index (κ2) is 5.71. The smallest absolute Gasteiger partial charge is 0.381 e. The van der Waals surface area contributed by atoms with Gasteiger partial charge in [-0.3, -0.25) is 0 Å². The van der Waals surface area contributed by atoms with Gasteiger partial charge in [0.25, 0.3) is 0 Å². The van der Waals surface area contributed by atoms with Crippen molar-refractivity contribution in [3.05, 3.63) is 28.2 Å². The molecule has 2 unspecified atom stereocenters. The third kappa shape index (κ3) is 3.63. The molecule has 1 aliphatic rings. The van der Waals surface area contributed by atoms with E-state index in [4.69, 9.17) is 4.74 Å². The second-order valence-electron chi connectivity index (χ2n) is 4.70. The Hall–Kier alpha value is -0.750. The van der Waals surface area contributed by atoms with Crippen LogP contribution >= 0.6 is 15.9 Å². The minimum atomic E-state index is -4.31. The number of hydrogen-bond donors (Lipinski definition) is 1. The van der Waals surface area contributed by atoms with E-state index in [1.807, 2.05) is 0 Å². The Balaban J connectivity index is 2.06. The van der Waals surface area contributed by atoms with Crippen LogP contribution in [0.4, 0.5) is 18.9 Å². The molecule has 0 spiro atoms. The molecule has 1 N–H and O–H groups in total. The van der Waals surface area contributed by atoms with Gasteiger partial charge < -0.3 is 10.1 Å². The lowest BCUT2D eigenvalue weighted by atomic mass is 10.1. The fourth-order valence-corrected chi connectivity index (χ4v) is 2.81. The van der Waals surface area contributed by atoms with Gasteiger partial charge in [0.05, 0.1) is 11.7 Å². The Morgan fingerprint density at radius 3 is 2.58 bits per heavy atom. The summed E-state index contributed by atoms with van der Waals surface area (Å²) < 4.78 is 43.3. The minimum Gasteiger partial charge on any atom is -0.381 e. The van der Waals surface area contributed by atoms with Gasteiger partial charge in [-0.1, -0.05) is 0 Å². The topological polar surface area (TPSA) is 21.3 Å². The van der Waals surface area contributed by atoms with Crippen molar-refractivity contribution in [2.45, 2.75) is 37.6 Å². The average Bonchev–Trinajstić information content (AvgIpc) is 2.78. The van der Waals surface area contributed by atoms with Crippen LogP contribution in [0.2, 0.25) is 0 Å². The molecule has 106 valence electrons. The van der Waals surface area contributed by atoms with Crippen molar-refractivity contribution in [2.75, 3.05) is 12.4 Å². The van der Waals surface area contributed by atoms with E-state index in [0.717, 1.165) is 31.4 Å². The Bertz CT molecular complexity index is 450. The first-order valence-corrected chi connectivity index (χ1v) is 6.85. The Kier molecular flexibility index (Phi) is 4.40. The summed E-state index contributed by atoms with van der Waals surface area (Å²) in [7, 11) is 1.68. The molecule has 1 fully saturated rings. The summed E-state index contributed by atoms with van der Waals surface area (Å²) in [5.41, 5.74) is 0.0425. The highest BCUT2D eigenvalue weighted by molar-refractivity contribution is 9.10. The molecule has 0 radical (unpaired) electrons. The monoisotopic (exact) mass is 337 g/mol. The molecule has 0 aromatic heterocycles. The standard InChI is InChI=1S/C13H15BrF3NO/c1-19-10-4-3-9(7-10)18-12-5-2-8(6-11(12)14)13(15,16)17/h2,5-6,9-10,18H,3-4,7H2,1H3. The van der Waals surface area contributed by atoms with Gasteiger partial charge in [-0.05, 0) is 53.4 Å². The number of anilines is 1. The quantitative estimate of drug-likeness (QED) is 0.879. The summed E-state index contributed by atoms with van der Waals surface area (Å²) in [6, 6.07) is 3.91. The summed E-state index contributed by atoms with van der Waals surface area (Å²) in [4.78, 5) is 0. The molecule has 0 bridgehead atoms. The molecule has 1 aliphatic carbocycles. The molecule has 19 heavy (non-hydrogen) atoms. The molecule has 0 saturated heterocycles. The summed E-state index contributed by atoms with van der Waals surface area (Å²) in [6.07, 6.45) is -1.25. The molecule has 1 aromatic rings. The first-order chi connectivity index (χ1) is 8.90. The molecule has 1 saturated carbocycles. The highest BCUT2D eigenvalue weighted by Crippen LogP contribution is 2.35. The molecule has 1 aromatic carbocycles. The fourth-order valence-electron chi connectivity index (χ4n) is 2.31. The van der Waals surface area contributed by atoms with Crippen molar-refractivity contribution >= 4 is 21.6 Å². The number of methoxy groups -OCH3 is 1. The van der Waals surface area contributed by atoms with Crippen molar-refractivity contribution in [2.24, 2.45) is 0 Å².